The summed E-state index contributed by atoms with van der Waals surface area (Å²) in [4.78, 5) is 66.8. The number of hydrogen-bond donors (Lipinski definition) is 3. The van der Waals surface area contributed by atoms with Crippen molar-refractivity contribution in [3.05, 3.63) is 0 Å². The van der Waals surface area contributed by atoms with Crippen LogP contribution in [-0.2, 0) is 65.4 Å². The van der Waals surface area contributed by atoms with Crippen LogP contribution in [0.5, 0.6) is 0 Å². The van der Waals surface area contributed by atoms with Crippen molar-refractivity contribution in [2.24, 2.45) is 0 Å². The van der Waals surface area contributed by atoms with E-state index in [1.807, 2.05) is 0 Å². The number of hydrogen-bond acceptors (Lipinski definition) is 15. The first kappa shape index (κ1) is 44.1. The highest BCUT2D eigenvalue weighted by Crippen LogP contribution is 2.45. The predicted molar refractivity (Wildman–Crippen MR) is 160 cm³/mol. The van der Waals surface area contributed by atoms with Gasteiger partial charge >= 0.3 is 39.5 Å². The van der Waals surface area contributed by atoms with Crippen molar-refractivity contribution in [2.45, 2.75) is 110 Å². The van der Waals surface area contributed by atoms with Crippen molar-refractivity contribution >= 4 is 39.5 Å². The molecule has 270 valence electrons. The molecule has 17 nitrogen and oxygen atoms in total. The Morgan fingerprint density at radius 1 is 0.543 bits per heavy atom. The molecule has 0 aromatic carbocycles. The van der Waals surface area contributed by atoms with Gasteiger partial charge in [-0.15, -0.1) is 0 Å². The summed E-state index contributed by atoms with van der Waals surface area (Å²) in [6.45, 7) is 2.82. The van der Waals surface area contributed by atoms with Crippen LogP contribution in [0, 0.1) is 0 Å². The molecule has 5 atom stereocenters. The highest BCUT2D eigenvalue weighted by atomic mass is 31.2. The topological polar surface area (TPSA) is 237 Å². The van der Waals surface area contributed by atoms with Crippen LogP contribution in [0.1, 0.15) is 91.9 Å². The van der Waals surface area contributed by atoms with Gasteiger partial charge < -0.3 is 33.8 Å². The average molecular weight is 709 g/mol. The molecule has 0 saturated carbocycles. The number of rotatable bonds is 28. The fraction of sp³-hybridized carbons (Fsp3) is 0.852. The highest BCUT2D eigenvalue weighted by molar-refractivity contribution is 7.47. The smallest absolute Gasteiger partial charge is 0.462 e. The Balaban J connectivity index is 4.80. The predicted octanol–water partition coefficient (Wildman–Crippen LogP) is 3.51. The Morgan fingerprint density at radius 3 is 1.48 bits per heavy atom. The summed E-state index contributed by atoms with van der Waals surface area (Å²) in [5.41, 5.74) is 0. The molecule has 0 bridgehead atoms. The van der Waals surface area contributed by atoms with E-state index in [0.29, 0.717) is 12.8 Å². The fourth-order valence-corrected chi connectivity index (χ4v) is 4.79. The van der Waals surface area contributed by atoms with Crippen LogP contribution in [0.4, 0.5) is 0 Å². The molecule has 0 fully saturated rings. The number of carbonyl (C=O) groups excluding carboxylic acids is 4. The second kappa shape index (κ2) is 25.1. The Morgan fingerprint density at radius 2 is 1.00 bits per heavy atom. The van der Waals surface area contributed by atoms with E-state index in [4.69, 9.17) is 28.0 Å². The largest absolute Gasteiger partial charge is 0.472 e. The Bertz CT molecular complexity index is 991. The molecule has 2 unspecified atom stereocenters. The SMILES string of the molecule is CCCCCCCC(=O)OC[C@H](COP(=O)(O)OC[C@@H](O)COP(=O)(O)OC[C@@H](COC(=O)CC)OC(=O)CC)OC(=O)CCC. The Kier molecular flexibility index (Phi) is 24.1. The van der Waals surface area contributed by atoms with Crippen LogP contribution >= 0.6 is 15.6 Å². The number of aliphatic hydroxyl groups excluding tert-OH is 1. The summed E-state index contributed by atoms with van der Waals surface area (Å²) in [6, 6.07) is 0. The van der Waals surface area contributed by atoms with Gasteiger partial charge in [-0.2, -0.15) is 0 Å². The summed E-state index contributed by atoms with van der Waals surface area (Å²) >= 11 is 0. The quantitative estimate of drug-likeness (QED) is 0.0456. The molecule has 46 heavy (non-hydrogen) atoms. The molecule has 0 amide bonds. The maximum Gasteiger partial charge on any atom is 0.472 e. The van der Waals surface area contributed by atoms with Crippen molar-refractivity contribution in [3.8, 4) is 0 Å². The highest BCUT2D eigenvalue weighted by Gasteiger charge is 2.30. The average Bonchev–Trinajstić information content (AvgIpc) is 3.01. The normalized spacial score (nSPS) is 15.9. The van der Waals surface area contributed by atoms with Crippen molar-refractivity contribution in [3.63, 3.8) is 0 Å². The van der Waals surface area contributed by atoms with Gasteiger partial charge in [0.2, 0.25) is 0 Å². The zero-order valence-corrected chi connectivity index (χ0v) is 28.8. The molecule has 0 aliphatic heterocycles. The lowest BCUT2D eigenvalue weighted by Crippen LogP contribution is -2.30. The first-order chi connectivity index (χ1) is 21.7. The lowest BCUT2D eigenvalue weighted by Gasteiger charge is -2.21. The number of aliphatic hydroxyl groups is 1. The van der Waals surface area contributed by atoms with Crippen molar-refractivity contribution in [1.82, 2.24) is 0 Å². The van der Waals surface area contributed by atoms with E-state index < -0.39 is 97.5 Å². The zero-order chi connectivity index (χ0) is 35.0. The molecule has 0 aliphatic carbocycles. The number of carbonyl (C=O) groups is 4. The molecular formula is C27H50O17P2. The van der Waals surface area contributed by atoms with Gasteiger partial charge in [0, 0.05) is 25.7 Å². The molecule has 0 aromatic heterocycles. The second-order valence-corrected chi connectivity index (χ2v) is 12.9. The first-order valence-corrected chi connectivity index (χ1v) is 18.3. The van der Waals surface area contributed by atoms with E-state index in [1.165, 1.54) is 13.8 Å². The van der Waals surface area contributed by atoms with Gasteiger partial charge in [0.05, 0.1) is 26.4 Å². The fourth-order valence-electron chi connectivity index (χ4n) is 3.21. The van der Waals surface area contributed by atoms with Gasteiger partial charge in [0.25, 0.3) is 0 Å². The molecule has 0 saturated heterocycles. The van der Waals surface area contributed by atoms with E-state index in [0.717, 1.165) is 25.7 Å². The molecule has 0 heterocycles. The third-order valence-corrected chi connectivity index (χ3v) is 7.58. The molecule has 0 aliphatic rings. The summed E-state index contributed by atoms with van der Waals surface area (Å²) in [5, 5.41) is 10.0. The number of esters is 4. The third kappa shape index (κ3) is 24.3. The van der Waals surface area contributed by atoms with Gasteiger partial charge in [-0.1, -0.05) is 53.4 Å². The van der Waals surface area contributed by atoms with E-state index in [1.54, 1.807) is 6.92 Å². The number of phosphoric acid groups is 2. The molecular weight excluding hydrogens is 658 g/mol. The minimum Gasteiger partial charge on any atom is -0.462 e. The first-order valence-electron chi connectivity index (χ1n) is 15.3. The monoisotopic (exact) mass is 708 g/mol. The second-order valence-electron chi connectivity index (χ2n) is 9.99. The van der Waals surface area contributed by atoms with E-state index in [9.17, 15) is 43.2 Å². The van der Waals surface area contributed by atoms with Crippen molar-refractivity contribution in [1.29, 1.82) is 0 Å². The summed E-state index contributed by atoms with van der Waals surface area (Å²) in [6.07, 6.45) is 1.15. The maximum atomic E-state index is 12.3. The lowest BCUT2D eigenvalue weighted by molar-refractivity contribution is -0.161. The van der Waals surface area contributed by atoms with Crippen LogP contribution in [0.25, 0.3) is 0 Å². The van der Waals surface area contributed by atoms with Gasteiger partial charge in [-0.05, 0) is 12.8 Å². The van der Waals surface area contributed by atoms with E-state index in [-0.39, 0.29) is 25.7 Å². The summed E-state index contributed by atoms with van der Waals surface area (Å²) in [7, 11) is -9.71. The van der Waals surface area contributed by atoms with Crippen molar-refractivity contribution in [2.75, 3.05) is 39.6 Å². The minimum atomic E-state index is -4.86. The van der Waals surface area contributed by atoms with Gasteiger partial charge in [0.1, 0.15) is 19.3 Å². The number of ether oxygens (including phenoxy) is 4. The summed E-state index contributed by atoms with van der Waals surface area (Å²) < 4.78 is 63.6. The molecule has 0 radical (unpaired) electrons. The Labute approximate surface area is 269 Å². The van der Waals surface area contributed by atoms with Gasteiger partial charge in [0.15, 0.2) is 12.2 Å². The number of unbranched alkanes of at least 4 members (excludes halogenated alkanes) is 4. The third-order valence-electron chi connectivity index (χ3n) is 5.68. The molecule has 0 aromatic rings. The molecule has 0 rings (SSSR count). The van der Waals surface area contributed by atoms with Gasteiger partial charge in [-0.3, -0.25) is 37.3 Å². The van der Waals surface area contributed by atoms with Crippen LogP contribution in [0.2, 0.25) is 0 Å². The van der Waals surface area contributed by atoms with Crippen molar-refractivity contribution < 1.29 is 80.2 Å². The maximum absolute atomic E-state index is 12.3. The zero-order valence-electron chi connectivity index (χ0n) is 27.0. The van der Waals surface area contributed by atoms with E-state index in [2.05, 4.69) is 16.0 Å². The standard InChI is InChI=1S/C27H50O17P2/c1-5-9-10-11-12-14-26(31)38-18-23(44-27(32)13-6-2)20-42-46(35,36)40-16-21(28)15-39-45(33,34)41-19-22(43-25(30)8-4)17-37-24(29)7-3/h21-23,28H,5-20H2,1-4H3,(H,33,34)(H,35,36)/t21-,22+,23+/m0/s1. The molecule has 3 N–H and O–H groups in total. The minimum absolute atomic E-state index is 0.0203. The molecule has 19 heteroatoms. The lowest BCUT2D eigenvalue weighted by atomic mass is 10.1. The molecule has 0 spiro atoms. The van der Waals surface area contributed by atoms with E-state index >= 15 is 0 Å². The summed E-state index contributed by atoms with van der Waals surface area (Å²) in [5.74, 6) is -2.45. The number of phosphoric ester groups is 2. The van der Waals surface area contributed by atoms with Crippen LogP contribution < -0.4 is 0 Å². The van der Waals surface area contributed by atoms with Crippen LogP contribution in [-0.4, -0.2) is 96.7 Å². The van der Waals surface area contributed by atoms with Crippen LogP contribution in [0.3, 0.4) is 0 Å². The van der Waals surface area contributed by atoms with Gasteiger partial charge in [-0.25, -0.2) is 9.13 Å². The van der Waals surface area contributed by atoms with Crippen LogP contribution in [0.15, 0.2) is 0 Å². The Hall–Kier alpha value is -1.94.